The predicted octanol–water partition coefficient (Wildman–Crippen LogP) is 2.67. The SMILES string of the molecule is CC(=O)Nc1nnc(SCc2cc(=O)c(OC(=O)CCCCl)co2)s1. The van der Waals surface area contributed by atoms with Gasteiger partial charge >= 0.3 is 5.97 Å². The number of alkyl halides is 1. The van der Waals surface area contributed by atoms with Crippen LogP contribution in [0.2, 0.25) is 0 Å². The van der Waals surface area contributed by atoms with Gasteiger partial charge in [-0.1, -0.05) is 23.1 Å². The molecule has 0 atom stereocenters. The lowest BCUT2D eigenvalue weighted by Gasteiger charge is -2.03. The maximum absolute atomic E-state index is 11.9. The molecule has 2 heterocycles. The second kappa shape index (κ2) is 9.54. The summed E-state index contributed by atoms with van der Waals surface area (Å²) in [7, 11) is 0. The van der Waals surface area contributed by atoms with Crippen LogP contribution >= 0.6 is 34.7 Å². The molecule has 11 heteroatoms. The average Bonchev–Trinajstić information content (AvgIpc) is 3.00. The normalized spacial score (nSPS) is 10.5. The predicted molar refractivity (Wildman–Crippen MR) is 94.3 cm³/mol. The fraction of sp³-hybridized carbons (Fsp3) is 0.357. The molecule has 1 N–H and O–H groups in total. The van der Waals surface area contributed by atoms with Gasteiger partial charge in [-0.25, -0.2) is 0 Å². The molecule has 2 aromatic rings. The Labute approximate surface area is 155 Å². The molecule has 1 amide bonds. The second-order valence-corrected chi connectivity index (χ2v) is 7.26. The fourth-order valence-corrected chi connectivity index (χ4v) is 3.40. The molecule has 0 saturated heterocycles. The van der Waals surface area contributed by atoms with Crippen molar-refractivity contribution in [2.75, 3.05) is 11.2 Å². The molecule has 2 aromatic heterocycles. The monoisotopic (exact) mass is 403 g/mol. The van der Waals surface area contributed by atoms with Gasteiger partial charge in [-0.3, -0.25) is 14.4 Å². The summed E-state index contributed by atoms with van der Waals surface area (Å²) in [6, 6.07) is 1.26. The van der Waals surface area contributed by atoms with Crippen molar-refractivity contribution in [3.8, 4) is 5.75 Å². The highest BCUT2D eigenvalue weighted by Crippen LogP contribution is 2.28. The number of rotatable bonds is 8. The quantitative estimate of drug-likeness (QED) is 0.310. The highest BCUT2D eigenvalue weighted by molar-refractivity contribution is 8.00. The van der Waals surface area contributed by atoms with Crippen LogP contribution in [-0.2, 0) is 15.3 Å². The van der Waals surface area contributed by atoms with Crippen LogP contribution in [0, 0.1) is 0 Å². The number of halogens is 1. The molecule has 0 radical (unpaired) electrons. The van der Waals surface area contributed by atoms with Crippen molar-refractivity contribution < 1.29 is 18.7 Å². The smallest absolute Gasteiger partial charge is 0.311 e. The van der Waals surface area contributed by atoms with Gasteiger partial charge in [0.05, 0.1) is 5.75 Å². The first kappa shape index (κ1) is 19.4. The van der Waals surface area contributed by atoms with Gasteiger partial charge in [0.15, 0.2) is 4.34 Å². The molecule has 0 saturated carbocycles. The fourth-order valence-electron chi connectivity index (χ4n) is 1.58. The van der Waals surface area contributed by atoms with Crippen LogP contribution in [0.1, 0.15) is 25.5 Å². The summed E-state index contributed by atoms with van der Waals surface area (Å²) in [4.78, 5) is 34.4. The van der Waals surface area contributed by atoms with E-state index < -0.39 is 11.4 Å². The van der Waals surface area contributed by atoms with Crippen molar-refractivity contribution in [2.45, 2.75) is 29.9 Å². The number of nitrogens with one attached hydrogen (secondary N) is 1. The summed E-state index contributed by atoms with van der Waals surface area (Å²) in [5.74, 6) is 0.160. The molecular weight excluding hydrogens is 390 g/mol. The number of hydrogen-bond donors (Lipinski definition) is 1. The number of anilines is 1. The van der Waals surface area contributed by atoms with Gasteiger partial charge in [-0.2, -0.15) is 0 Å². The minimum Gasteiger partial charge on any atom is -0.464 e. The second-order valence-electron chi connectivity index (χ2n) is 4.68. The van der Waals surface area contributed by atoms with Gasteiger partial charge in [-0.05, 0) is 6.42 Å². The van der Waals surface area contributed by atoms with E-state index in [-0.39, 0.29) is 18.1 Å². The van der Waals surface area contributed by atoms with E-state index in [2.05, 4.69) is 15.5 Å². The van der Waals surface area contributed by atoms with E-state index in [1.54, 1.807) is 0 Å². The number of amides is 1. The number of esters is 1. The molecule has 0 aromatic carbocycles. The van der Waals surface area contributed by atoms with Gasteiger partial charge in [0.2, 0.25) is 22.2 Å². The maximum atomic E-state index is 11.9. The summed E-state index contributed by atoms with van der Waals surface area (Å²) >= 11 is 8.00. The zero-order chi connectivity index (χ0) is 18.2. The number of hydrogen-bond acceptors (Lipinski definition) is 9. The summed E-state index contributed by atoms with van der Waals surface area (Å²) in [5, 5.41) is 10.7. The molecule has 0 spiro atoms. The molecule has 0 fully saturated rings. The average molecular weight is 404 g/mol. The maximum Gasteiger partial charge on any atom is 0.311 e. The third kappa shape index (κ3) is 6.48. The van der Waals surface area contributed by atoms with Crippen molar-refractivity contribution in [2.24, 2.45) is 0 Å². The van der Waals surface area contributed by atoms with Crippen LogP contribution in [-0.4, -0.2) is 28.0 Å². The third-order valence-electron chi connectivity index (χ3n) is 2.62. The van der Waals surface area contributed by atoms with Crippen molar-refractivity contribution in [1.29, 1.82) is 0 Å². The van der Waals surface area contributed by atoms with Gasteiger partial charge in [0.25, 0.3) is 0 Å². The highest BCUT2D eigenvalue weighted by atomic mass is 35.5. The number of carbonyl (C=O) groups excluding carboxylic acids is 2. The number of carbonyl (C=O) groups is 2. The standard InChI is InChI=1S/C14H14ClN3O5S2/c1-8(19)16-13-17-18-14(25-13)24-7-9-5-10(20)11(6-22-9)23-12(21)3-2-4-15/h5-6H,2-4,7H2,1H3,(H,16,17,19). The minimum absolute atomic E-state index is 0.133. The van der Waals surface area contributed by atoms with Gasteiger partial charge < -0.3 is 14.5 Å². The Kier molecular flexibility index (Phi) is 7.41. The first-order valence-corrected chi connectivity index (χ1v) is 9.44. The Hall–Kier alpha value is -1.91. The van der Waals surface area contributed by atoms with Crippen molar-refractivity contribution >= 4 is 51.7 Å². The van der Waals surface area contributed by atoms with Crippen LogP contribution in [0.3, 0.4) is 0 Å². The first-order valence-electron chi connectivity index (χ1n) is 7.10. The van der Waals surface area contributed by atoms with Crippen molar-refractivity contribution in [3.05, 3.63) is 28.3 Å². The summed E-state index contributed by atoms with van der Waals surface area (Å²) < 4.78 is 10.8. The molecule has 0 unspecified atom stereocenters. The van der Waals surface area contributed by atoms with E-state index in [0.29, 0.717) is 33.3 Å². The molecular formula is C14H14ClN3O5S2. The zero-order valence-electron chi connectivity index (χ0n) is 13.1. The molecule has 0 aliphatic rings. The van der Waals surface area contributed by atoms with Gasteiger partial charge in [0.1, 0.15) is 12.0 Å². The molecule has 0 bridgehead atoms. The Balaban J connectivity index is 1.92. The van der Waals surface area contributed by atoms with E-state index in [9.17, 15) is 14.4 Å². The summed E-state index contributed by atoms with van der Waals surface area (Å²) in [6.45, 7) is 1.38. The van der Waals surface area contributed by atoms with E-state index in [4.69, 9.17) is 20.8 Å². The van der Waals surface area contributed by atoms with Gasteiger partial charge in [-0.15, -0.1) is 21.8 Å². The van der Waals surface area contributed by atoms with Gasteiger partial charge in [0, 0.05) is 25.3 Å². The van der Waals surface area contributed by atoms with Crippen molar-refractivity contribution in [3.63, 3.8) is 0 Å². The minimum atomic E-state index is -0.533. The first-order chi connectivity index (χ1) is 12.0. The number of aromatic nitrogens is 2. The molecule has 25 heavy (non-hydrogen) atoms. The molecule has 8 nitrogen and oxygen atoms in total. The van der Waals surface area contributed by atoms with Crippen LogP contribution in [0.4, 0.5) is 5.13 Å². The number of nitrogens with zero attached hydrogens (tertiary/aromatic N) is 2. The Morgan fingerprint density at radius 2 is 2.24 bits per heavy atom. The zero-order valence-corrected chi connectivity index (χ0v) is 15.5. The van der Waals surface area contributed by atoms with Crippen LogP contribution in [0.15, 0.2) is 25.9 Å². The largest absolute Gasteiger partial charge is 0.464 e. The van der Waals surface area contributed by atoms with Crippen LogP contribution < -0.4 is 15.5 Å². The summed E-state index contributed by atoms with van der Waals surface area (Å²) in [6.07, 6.45) is 1.72. The Bertz CT molecular complexity index is 808. The lowest BCUT2D eigenvalue weighted by Crippen LogP contribution is -2.14. The Morgan fingerprint density at radius 1 is 1.44 bits per heavy atom. The molecule has 134 valence electrons. The Morgan fingerprint density at radius 3 is 2.92 bits per heavy atom. The number of thioether (sulfide) groups is 1. The lowest BCUT2D eigenvalue weighted by atomic mass is 10.3. The van der Waals surface area contributed by atoms with E-state index in [1.165, 1.54) is 36.1 Å². The lowest BCUT2D eigenvalue weighted by molar-refractivity contribution is -0.134. The summed E-state index contributed by atoms with van der Waals surface area (Å²) in [5.41, 5.74) is -0.447. The topological polar surface area (TPSA) is 111 Å². The number of ether oxygens (including phenoxy) is 1. The third-order valence-corrected chi connectivity index (χ3v) is 4.88. The molecule has 0 aliphatic carbocycles. The molecule has 2 rings (SSSR count). The molecule has 0 aliphatic heterocycles. The van der Waals surface area contributed by atoms with Crippen LogP contribution in [0.25, 0.3) is 0 Å². The van der Waals surface area contributed by atoms with E-state index in [0.717, 1.165) is 6.26 Å². The van der Waals surface area contributed by atoms with Crippen molar-refractivity contribution in [1.82, 2.24) is 10.2 Å². The van der Waals surface area contributed by atoms with E-state index in [1.807, 2.05) is 0 Å². The highest BCUT2D eigenvalue weighted by Gasteiger charge is 2.11. The van der Waals surface area contributed by atoms with Crippen LogP contribution in [0.5, 0.6) is 5.75 Å². The van der Waals surface area contributed by atoms with E-state index >= 15 is 0 Å².